The first-order valence-electron chi connectivity index (χ1n) is 7.37. The van der Waals surface area contributed by atoms with Gasteiger partial charge in [-0.3, -0.25) is 14.5 Å². The van der Waals surface area contributed by atoms with Gasteiger partial charge < -0.3 is 10.0 Å². The molecule has 0 aromatic rings. The van der Waals surface area contributed by atoms with E-state index in [4.69, 9.17) is 0 Å². The summed E-state index contributed by atoms with van der Waals surface area (Å²) in [5.41, 5.74) is -1.08. The molecule has 0 radical (unpaired) electrons. The maximum atomic E-state index is 12.4. The van der Waals surface area contributed by atoms with Gasteiger partial charge in [-0.1, -0.05) is 6.42 Å². The van der Waals surface area contributed by atoms with Gasteiger partial charge in [0.2, 0.25) is 5.91 Å². The van der Waals surface area contributed by atoms with Gasteiger partial charge in [-0.15, -0.1) is 0 Å². The SMILES string of the molecule is O=C(O)C1(C(=O)N2CCN(CC3CC3)CC2)CCC1. The highest BCUT2D eigenvalue weighted by atomic mass is 16.4. The zero-order valence-corrected chi connectivity index (χ0v) is 11.3. The van der Waals surface area contributed by atoms with E-state index < -0.39 is 11.4 Å². The minimum Gasteiger partial charge on any atom is -0.480 e. The fraction of sp³-hybridized carbons (Fsp3) is 0.857. The molecule has 1 N–H and O–H groups in total. The third-order valence-corrected chi connectivity index (χ3v) is 4.90. The second-order valence-electron chi connectivity index (χ2n) is 6.28. The van der Waals surface area contributed by atoms with Crippen LogP contribution in [0.4, 0.5) is 0 Å². The highest BCUT2D eigenvalue weighted by Crippen LogP contribution is 2.43. The maximum absolute atomic E-state index is 12.4. The highest BCUT2D eigenvalue weighted by molar-refractivity contribution is 6.02. The van der Waals surface area contributed by atoms with Crippen LogP contribution < -0.4 is 0 Å². The van der Waals surface area contributed by atoms with E-state index in [9.17, 15) is 14.7 Å². The van der Waals surface area contributed by atoms with E-state index in [1.807, 2.05) is 0 Å². The van der Waals surface area contributed by atoms with Crippen molar-refractivity contribution < 1.29 is 14.7 Å². The van der Waals surface area contributed by atoms with Crippen molar-refractivity contribution in [3.8, 4) is 0 Å². The molecule has 19 heavy (non-hydrogen) atoms. The Morgan fingerprint density at radius 2 is 1.74 bits per heavy atom. The molecule has 3 aliphatic rings. The molecule has 1 aliphatic heterocycles. The third-order valence-electron chi connectivity index (χ3n) is 4.90. The van der Waals surface area contributed by atoms with E-state index in [0.29, 0.717) is 25.9 Å². The molecule has 0 spiro atoms. The predicted octanol–water partition coefficient (Wildman–Crippen LogP) is 0.795. The van der Waals surface area contributed by atoms with E-state index in [1.165, 1.54) is 12.8 Å². The molecule has 0 aromatic carbocycles. The number of carbonyl (C=O) groups is 2. The second-order valence-corrected chi connectivity index (χ2v) is 6.28. The van der Waals surface area contributed by atoms with Crippen LogP contribution in [-0.4, -0.2) is 59.5 Å². The Kier molecular flexibility index (Phi) is 3.25. The Morgan fingerprint density at radius 3 is 2.16 bits per heavy atom. The van der Waals surface area contributed by atoms with Gasteiger partial charge in [-0.05, 0) is 31.6 Å². The fourth-order valence-corrected chi connectivity index (χ4v) is 3.15. The van der Waals surface area contributed by atoms with Gasteiger partial charge in [-0.25, -0.2) is 0 Å². The summed E-state index contributed by atoms with van der Waals surface area (Å²) in [6, 6.07) is 0. The largest absolute Gasteiger partial charge is 0.480 e. The topological polar surface area (TPSA) is 60.9 Å². The van der Waals surface area contributed by atoms with Crippen molar-refractivity contribution >= 4 is 11.9 Å². The quantitative estimate of drug-likeness (QED) is 0.764. The minimum atomic E-state index is -1.08. The van der Waals surface area contributed by atoms with Gasteiger partial charge in [0.1, 0.15) is 5.41 Å². The van der Waals surface area contributed by atoms with Crippen LogP contribution in [0, 0.1) is 11.3 Å². The molecule has 1 amide bonds. The van der Waals surface area contributed by atoms with Crippen molar-refractivity contribution in [3.05, 3.63) is 0 Å². The second kappa shape index (κ2) is 4.78. The summed E-state index contributed by atoms with van der Waals surface area (Å²) in [5.74, 6) is -0.194. The lowest BCUT2D eigenvalue weighted by Crippen LogP contribution is -2.57. The van der Waals surface area contributed by atoms with E-state index in [2.05, 4.69) is 4.90 Å². The summed E-state index contributed by atoms with van der Waals surface area (Å²) in [7, 11) is 0. The molecule has 0 bridgehead atoms. The molecule has 5 heteroatoms. The zero-order chi connectivity index (χ0) is 13.5. The van der Waals surface area contributed by atoms with Crippen molar-refractivity contribution in [2.45, 2.75) is 32.1 Å². The lowest BCUT2D eigenvalue weighted by Gasteiger charge is -2.43. The van der Waals surface area contributed by atoms with Crippen LogP contribution in [0.5, 0.6) is 0 Å². The Labute approximate surface area is 113 Å². The van der Waals surface area contributed by atoms with Gasteiger partial charge in [0.25, 0.3) is 0 Å². The summed E-state index contributed by atoms with van der Waals surface area (Å²) >= 11 is 0. The maximum Gasteiger partial charge on any atom is 0.319 e. The van der Waals surface area contributed by atoms with Gasteiger partial charge in [0, 0.05) is 32.7 Å². The van der Waals surface area contributed by atoms with Gasteiger partial charge in [0.05, 0.1) is 0 Å². The van der Waals surface area contributed by atoms with Crippen LogP contribution in [0.1, 0.15) is 32.1 Å². The molecule has 106 valence electrons. The van der Waals surface area contributed by atoms with E-state index in [0.717, 1.165) is 32.0 Å². The Hall–Kier alpha value is -1.10. The van der Waals surface area contributed by atoms with Crippen LogP contribution in [0.25, 0.3) is 0 Å². The summed E-state index contributed by atoms with van der Waals surface area (Å²) in [6.07, 6.45) is 4.59. The lowest BCUT2D eigenvalue weighted by molar-refractivity contribution is -0.168. The van der Waals surface area contributed by atoms with Gasteiger partial charge in [0.15, 0.2) is 0 Å². The van der Waals surface area contributed by atoms with Crippen LogP contribution in [0.3, 0.4) is 0 Å². The van der Waals surface area contributed by atoms with E-state index >= 15 is 0 Å². The summed E-state index contributed by atoms with van der Waals surface area (Å²) in [6.45, 7) is 4.35. The fourth-order valence-electron chi connectivity index (χ4n) is 3.15. The number of carboxylic acids is 1. The monoisotopic (exact) mass is 266 g/mol. The van der Waals surface area contributed by atoms with Crippen LogP contribution in [-0.2, 0) is 9.59 Å². The summed E-state index contributed by atoms with van der Waals surface area (Å²) in [4.78, 5) is 27.9. The van der Waals surface area contributed by atoms with Gasteiger partial charge >= 0.3 is 5.97 Å². The summed E-state index contributed by atoms with van der Waals surface area (Å²) < 4.78 is 0. The normalized spacial score (nSPS) is 26.8. The lowest BCUT2D eigenvalue weighted by atomic mass is 9.67. The number of aliphatic carboxylic acids is 1. The molecule has 1 saturated heterocycles. The summed E-state index contributed by atoms with van der Waals surface area (Å²) in [5, 5.41) is 9.31. The van der Waals surface area contributed by atoms with E-state index in [-0.39, 0.29) is 5.91 Å². The molecule has 3 rings (SSSR count). The highest BCUT2D eigenvalue weighted by Gasteiger charge is 2.53. The van der Waals surface area contributed by atoms with Crippen LogP contribution >= 0.6 is 0 Å². The number of carboxylic acid groups (broad SMARTS) is 1. The van der Waals surface area contributed by atoms with Crippen molar-refractivity contribution in [2.24, 2.45) is 11.3 Å². The number of hydrogen-bond donors (Lipinski definition) is 1. The van der Waals surface area contributed by atoms with Crippen molar-refractivity contribution in [1.29, 1.82) is 0 Å². The molecule has 0 atom stereocenters. The molecular formula is C14H22N2O3. The number of carbonyl (C=O) groups excluding carboxylic acids is 1. The Morgan fingerprint density at radius 1 is 1.11 bits per heavy atom. The first-order chi connectivity index (χ1) is 9.12. The number of amides is 1. The van der Waals surface area contributed by atoms with Crippen LogP contribution in [0.2, 0.25) is 0 Å². The first kappa shape index (κ1) is 12.9. The number of hydrogen-bond acceptors (Lipinski definition) is 3. The smallest absolute Gasteiger partial charge is 0.319 e. The number of piperazine rings is 1. The van der Waals surface area contributed by atoms with E-state index in [1.54, 1.807) is 4.90 Å². The average molecular weight is 266 g/mol. The molecule has 2 aliphatic carbocycles. The molecular weight excluding hydrogens is 244 g/mol. The Balaban J connectivity index is 1.55. The number of nitrogens with zero attached hydrogens (tertiary/aromatic N) is 2. The third kappa shape index (κ3) is 2.36. The average Bonchev–Trinajstić information content (AvgIpc) is 3.12. The molecule has 5 nitrogen and oxygen atoms in total. The molecule has 3 fully saturated rings. The van der Waals surface area contributed by atoms with Crippen LogP contribution in [0.15, 0.2) is 0 Å². The molecule has 0 aromatic heterocycles. The standard InChI is InChI=1S/C14H22N2O3/c17-12(14(13(18)19)4-1-5-14)16-8-6-15(7-9-16)10-11-2-3-11/h11H,1-10H2,(H,18,19). The molecule has 2 saturated carbocycles. The van der Waals surface area contributed by atoms with Gasteiger partial charge in [-0.2, -0.15) is 0 Å². The Bertz CT molecular complexity index is 380. The minimum absolute atomic E-state index is 0.141. The number of rotatable bonds is 4. The first-order valence-corrected chi connectivity index (χ1v) is 7.37. The molecule has 1 heterocycles. The van der Waals surface area contributed by atoms with Crippen molar-refractivity contribution in [1.82, 2.24) is 9.80 Å². The predicted molar refractivity (Wildman–Crippen MR) is 69.7 cm³/mol. The van der Waals surface area contributed by atoms with Crippen molar-refractivity contribution in [2.75, 3.05) is 32.7 Å². The van der Waals surface area contributed by atoms with Crippen molar-refractivity contribution in [3.63, 3.8) is 0 Å². The zero-order valence-electron chi connectivity index (χ0n) is 11.3. The molecule has 0 unspecified atom stereocenters.